The minimum absolute atomic E-state index is 0.545. The van der Waals surface area contributed by atoms with Gasteiger partial charge < -0.3 is 4.57 Å². The molecule has 1 heteroatoms. The number of benzene rings is 1. The van der Waals surface area contributed by atoms with Crippen LogP contribution in [-0.4, -0.2) is 4.57 Å². The van der Waals surface area contributed by atoms with Crippen molar-refractivity contribution in [2.24, 2.45) is 7.05 Å². The SMILES string of the molecule is C=C(C)CC(C)c1cn(C)c2ccccc12. The van der Waals surface area contributed by atoms with Gasteiger partial charge in [-0.05, 0) is 30.9 Å². The van der Waals surface area contributed by atoms with Crippen LogP contribution in [0.25, 0.3) is 10.9 Å². The van der Waals surface area contributed by atoms with Crippen molar-refractivity contribution in [3.8, 4) is 0 Å². The molecule has 0 saturated carbocycles. The second-order valence-corrected chi connectivity index (χ2v) is 4.77. The second kappa shape index (κ2) is 4.17. The fourth-order valence-corrected chi connectivity index (χ4v) is 2.40. The average Bonchev–Trinajstić information content (AvgIpc) is 2.56. The highest BCUT2D eigenvalue weighted by Crippen LogP contribution is 2.30. The average molecular weight is 213 g/mol. The molecule has 0 spiro atoms. The Labute approximate surface area is 97.4 Å². The van der Waals surface area contributed by atoms with Crippen LogP contribution in [0, 0.1) is 0 Å². The van der Waals surface area contributed by atoms with Gasteiger partial charge in [0.25, 0.3) is 0 Å². The van der Waals surface area contributed by atoms with Crippen LogP contribution in [0.1, 0.15) is 31.7 Å². The zero-order valence-corrected chi connectivity index (χ0v) is 10.3. The number of para-hydroxylation sites is 1. The van der Waals surface area contributed by atoms with E-state index in [0.29, 0.717) is 5.92 Å². The molecular formula is C15H19N. The first kappa shape index (κ1) is 11.0. The van der Waals surface area contributed by atoms with Crippen LogP contribution in [-0.2, 0) is 7.05 Å². The van der Waals surface area contributed by atoms with Crippen molar-refractivity contribution >= 4 is 10.9 Å². The smallest absolute Gasteiger partial charge is 0.0480 e. The van der Waals surface area contributed by atoms with Crippen LogP contribution in [0.15, 0.2) is 42.6 Å². The van der Waals surface area contributed by atoms with Crippen molar-refractivity contribution in [3.05, 3.63) is 48.2 Å². The van der Waals surface area contributed by atoms with E-state index in [4.69, 9.17) is 0 Å². The lowest BCUT2D eigenvalue weighted by molar-refractivity contribution is 0.754. The molecule has 0 aliphatic carbocycles. The van der Waals surface area contributed by atoms with Crippen molar-refractivity contribution in [2.45, 2.75) is 26.2 Å². The normalized spacial score (nSPS) is 12.9. The molecule has 0 N–H and O–H groups in total. The van der Waals surface area contributed by atoms with Crippen LogP contribution in [0.5, 0.6) is 0 Å². The highest BCUT2D eigenvalue weighted by atomic mass is 14.9. The van der Waals surface area contributed by atoms with Gasteiger partial charge in [-0.3, -0.25) is 0 Å². The Hall–Kier alpha value is -1.50. The molecule has 0 saturated heterocycles. The first-order chi connectivity index (χ1) is 7.59. The van der Waals surface area contributed by atoms with E-state index in [0.717, 1.165) is 6.42 Å². The minimum atomic E-state index is 0.545. The fourth-order valence-electron chi connectivity index (χ4n) is 2.40. The van der Waals surface area contributed by atoms with Gasteiger partial charge in [-0.2, -0.15) is 0 Å². The van der Waals surface area contributed by atoms with Gasteiger partial charge in [0.05, 0.1) is 0 Å². The predicted molar refractivity (Wildman–Crippen MR) is 70.8 cm³/mol. The molecule has 0 aliphatic heterocycles. The molecule has 0 radical (unpaired) electrons. The maximum atomic E-state index is 4.00. The fraction of sp³-hybridized carbons (Fsp3) is 0.333. The van der Waals surface area contributed by atoms with Crippen molar-refractivity contribution < 1.29 is 0 Å². The number of rotatable bonds is 3. The molecule has 16 heavy (non-hydrogen) atoms. The Balaban J connectivity index is 2.48. The summed E-state index contributed by atoms with van der Waals surface area (Å²) in [5.74, 6) is 0.545. The molecule has 0 amide bonds. The minimum Gasteiger partial charge on any atom is -0.350 e. The lowest BCUT2D eigenvalue weighted by Crippen LogP contribution is -1.92. The number of hydrogen-bond donors (Lipinski definition) is 0. The molecule has 1 unspecified atom stereocenters. The Bertz CT molecular complexity index is 519. The van der Waals surface area contributed by atoms with Crippen LogP contribution < -0.4 is 0 Å². The van der Waals surface area contributed by atoms with Gasteiger partial charge in [0.2, 0.25) is 0 Å². The van der Waals surface area contributed by atoms with Gasteiger partial charge in [-0.25, -0.2) is 0 Å². The summed E-state index contributed by atoms with van der Waals surface area (Å²) in [4.78, 5) is 0. The first-order valence-corrected chi connectivity index (χ1v) is 5.78. The number of nitrogens with zero attached hydrogens (tertiary/aromatic N) is 1. The molecule has 1 aromatic carbocycles. The molecule has 84 valence electrons. The number of fused-ring (bicyclic) bond motifs is 1. The summed E-state index contributed by atoms with van der Waals surface area (Å²) in [5, 5.41) is 1.37. The number of aromatic nitrogens is 1. The quantitative estimate of drug-likeness (QED) is 0.672. The molecule has 2 rings (SSSR count). The Kier molecular flexibility index (Phi) is 2.86. The van der Waals surface area contributed by atoms with E-state index < -0.39 is 0 Å². The summed E-state index contributed by atoms with van der Waals surface area (Å²) >= 11 is 0. The molecule has 0 aliphatic rings. The zero-order valence-electron chi connectivity index (χ0n) is 10.3. The molecular weight excluding hydrogens is 194 g/mol. The van der Waals surface area contributed by atoms with Crippen molar-refractivity contribution in [2.75, 3.05) is 0 Å². The molecule has 2 aromatic rings. The highest BCUT2D eigenvalue weighted by molar-refractivity contribution is 5.84. The van der Waals surface area contributed by atoms with Gasteiger partial charge in [0, 0.05) is 24.1 Å². The van der Waals surface area contributed by atoms with Crippen LogP contribution in [0.3, 0.4) is 0 Å². The van der Waals surface area contributed by atoms with Crippen LogP contribution in [0.2, 0.25) is 0 Å². The lowest BCUT2D eigenvalue weighted by atomic mass is 9.94. The monoisotopic (exact) mass is 213 g/mol. The van der Waals surface area contributed by atoms with Gasteiger partial charge in [-0.1, -0.05) is 30.7 Å². The Morgan fingerprint density at radius 1 is 1.38 bits per heavy atom. The third-order valence-electron chi connectivity index (χ3n) is 3.11. The molecule has 0 bridgehead atoms. The molecule has 1 atom stereocenters. The maximum absolute atomic E-state index is 4.00. The third kappa shape index (κ3) is 1.90. The molecule has 1 heterocycles. The van der Waals surface area contributed by atoms with E-state index in [1.807, 2.05) is 0 Å². The van der Waals surface area contributed by atoms with Gasteiger partial charge >= 0.3 is 0 Å². The number of aryl methyl sites for hydroxylation is 1. The molecule has 1 aromatic heterocycles. The van der Waals surface area contributed by atoms with Gasteiger partial charge in [-0.15, -0.1) is 6.58 Å². The van der Waals surface area contributed by atoms with Gasteiger partial charge in [0.15, 0.2) is 0 Å². The number of allylic oxidation sites excluding steroid dienone is 1. The highest BCUT2D eigenvalue weighted by Gasteiger charge is 2.12. The van der Waals surface area contributed by atoms with Crippen molar-refractivity contribution in [1.29, 1.82) is 0 Å². The first-order valence-electron chi connectivity index (χ1n) is 5.78. The maximum Gasteiger partial charge on any atom is 0.0480 e. The van der Waals surface area contributed by atoms with Crippen LogP contribution >= 0.6 is 0 Å². The Morgan fingerprint density at radius 3 is 2.75 bits per heavy atom. The zero-order chi connectivity index (χ0) is 11.7. The summed E-state index contributed by atoms with van der Waals surface area (Å²) in [6, 6.07) is 8.58. The Morgan fingerprint density at radius 2 is 2.06 bits per heavy atom. The molecule has 1 nitrogen and oxygen atoms in total. The lowest BCUT2D eigenvalue weighted by Gasteiger charge is -2.09. The van der Waals surface area contributed by atoms with Crippen LogP contribution in [0.4, 0.5) is 0 Å². The standard InChI is InChI=1S/C15H19N/c1-11(2)9-12(3)14-10-16(4)15-8-6-5-7-13(14)15/h5-8,10,12H,1,9H2,2-4H3. The summed E-state index contributed by atoms with van der Waals surface area (Å²) in [5.41, 5.74) is 3.99. The largest absolute Gasteiger partial charge is 0.350 e. The summed E-state index contributed by atoms with van der Waals surface area (Å²) in [6.07, 6.45) is 3.31. The second-order valence-electron chi connectivity index (χ2n) is 4.77. The third-order valence-corrected chi connectivity index (χ3v) is 3.11. The number of hydrogen-bond acceptors (Lipinski definition) is 0. The topological polar surface area (TPSA) is 4.93 Å². The van der Waals surface area contributed by atoms with Crippen molar-refractivity contribution in [1.82, 2.24) is 4.57 Å². The summed E-state index contributed by atoms with van der Waals surface area (Å²) < 4.78 is 2.21. The van der Waals surface area contributed by atoms with E-state index in [2.05, 4.69) is 62.5 Å². The van der Waals surface area contributed by atoms with E-state index in [1.54, 1.807) is 0 Å². The van der Waals surface area contributed by atoms with E-state index in [1.165, 1.54) is 22.0 Å². The summed E-state index contributed by atoms with van der Waals surface area (Å²) in [7, 11) is 2.11. The van der Waals surface area contributed by atoms with Gasteiger partial charge in [0.1, 0.15) is 0 Å². The summed E-state index contributed by atoms with van der Waals surface area (Å²) in [6.45, 7) is 8.37. The van der Waals surface area contributed by atoms with E-state index in [-0.39, 0.29) is 0 Å². The van der Waals surface area contributed by atoms with E-state index in [9.17, 15) is 0 Å². The molecule has 0 fully saturated rings. The van der Waals surface area contributed by atoms with Crippen molar-refractivity contribution in [3.63, 3.8) is 0 Å². The predicted octanol–water partition coefficient (Wildman–Crippen LogP) is 4.25. The van der Waals surface area contributed by atoms with E-state index >= 15 is 0 Å².